The van der Waals surface area contributed by atoms with Crippen molar-refractivity contribution in [3.8, 4) is 0 Å². The maximum Gasteiger partial charge on any atom is 0.264 e. The van der Waals surface area contributed by atoms with E-state index in [2.05, 4.69) is 9.97 Å². The van der Waals surface area contributed by atoms with E-state index in [4.69, 9.17) is 0 Å². The number of rotatable bonds is 6. The lowest BCUT2D eigenvalue weighted by Gasteiger charge is -2.22. The predicted molar refractivity (Wildman–Crippen MR) is 118 cm³/mol. The molecule has 0 radical (unpaired) electrons. The molecule has 0 fully saturated rings. The Morgan fingerprint density at radius 1 is 1.03 bits per heavy atom. The van der Waals surface area contributed by atoms with Crippen LogP contribution in [0, 0.1) is 0 Å². The molecule has 2 aromatic carbocycles. The van der Waals surface area contributed by atoms with E-state index >= 15 is 0 Å². The number of carbonyl (C=O) groups excluding carboxylic acids is 2. The number of pyridine rings is 1. The third-order valence-electron chi connectivity index (χ3n) is 5.94. The van der Waals surface area contributed by atoms with Crippen LogP contribution in [0.4, 0.5) is 5.69 Å². The van der Waals surface area contributed by atoms with Crippen molar-refractivity contribution in [2.24, 2.45) is 0 Å². The number of aliphatic hydroxyl groups is 1. The summed E-state index contributed by atoms with van der Waals surface area (Å²) in [6, 6.07) is 18.3. The van der Waals surface area contributed by atoms with Crippen LogP contribution >= 0.6 is 0 Å². The third kappa shape index (κ3) is 3.21. The van der Waals surface area contributed by atoms with Crippen LogP contribution in [0.15, 0.2) is 79.3 Å². The van der Waals surface area contributed by atoms with E-state index < -0.39 is 11.5 Å². The Balaban J connectivity index is 1.43. The predicted octanol–water partition coefficient (Wildman–Crippen LogP) is 3.61. The lowest BCUT2D eigenvalue weighted by Crippen LogP contribution is -2.42. The molecule has 3 heterocycles. The second-order valence-corrected chi connectivity index (χ2v) is 7.78. The minimum absolute atomic E-state index is 0.300. The van der Waals surface area contributed by atoms with Gasteiger partial charge < -0.3 is 15.0 Å². The van der Waals surface area contributed by atoms with Crippen LogP contribution in [-0.4, -0.2) is 33.3 Å². The molecule has 154 valence electrons. The quantitative estimate of drug-likeness (QED) is 0.475. The zero-order valence-corrected chi connectivity index (χ0v) is 16.8. The SMILES string of the molecule is O=C(C[C@]1(O)C(=O)N(CCc2c[nH]c3ccccc23)c2ccccc21)c1ccncc1. The van der Waals surface area contributed by atoms with Gasteiger partial charge in [-0.3, -0.25) is 14.6 Å². The average Bonchev–Trinajstić information content (AvgIpc) is 3.31. The smallest absolute Gasteiger partial charge is 0.264 e. The highest BCUT2D eigenvalue weighted by Crippen LogP contribution is 2.43. The number of Topliss-reactive ketones (excluding diaryl/α,β-unsaturated/α-hetero) is 1. The third-order valence-corrected chi connectivity index (χ3v) is 5.94. The van der Waals surface area contributed by atoms with E-state index in [9.17, 15) is 14.7 Å². The average molecular weight is 411 g/mol. The van der Waals surface area contributed by atoms with E-state index in [1.807, 2.05) is 42.6 Å². The molecular formula is C25H21N3O3. The van der Waals surface area contributed by atoms with E-state index in [0.29, 0.717) is 29.8 Å². The first-order valence-electron chi connectivity index (χ1n) is 10.2. The molecule has 1 atom stereocenters. The number of para-hydroxylation sites is 2. The fourth-order valence-corrected chi connectivity index (χ4v) is 4.34. The molecule has 6 nitrogen and oxygen atoms in total. The lowest BCUT2D eigenvalue weighted by atomic mass is 9.88. The number of nitrogens with zero attached hydrogens (tertiary/aromatic N) is 2. The number of anilines is 1. The Bertz CT molecular complexity index is 1280. The Kier molecular flexibility index (Phi) is 4.64. The number of aromatic amines is 1. The molecular weight excluding hydrogens is 390 g/mol. The Morgan fingerprint density at radius 3 is 2.61 bits per heavy atom. The number of carbonyl (C=O) groups is 2. The van der Waals surface area contributed by atoms with Crippen molar-refractivity contribution < 1.29 is 14.7 Å². The molecule has 4 aromatic rings. The minimum atomic E-state index is -1.88. The summed E-state index contributed by atoms with van der Waals surface area (Å²) in [5.41, 5.74) is 1.82. The van der Waals surface area contributed by atoms with E-state index in [-0.39, 0.29) is 12.2 Å². The molecule has 2 aromatic heterocycles. The van der Waals surface area contributed by atoms with Crippen molar-refractivity contribution >= 4 is 28.3 Å². The summed E-state index contributed by atoms with van der Waals surface area (Å²) < 4.78 is 0. The zero-order chi connectivity index (χ0) is 21.4. The molecule has 1 amide bonds. The second-order valence-electron chi connectivity index (χ2n) is 7.78. The summed E-state index contributed by atoms with van der Waals surface area (Å²) in [6.45, 7) is 0.406. The largest absolute Gasteiger partial charge is 0.375 e. The van der Waals surface area contributed by atoms with Gasteiger partial charge in [-0.05, 0) is 36.2 Å². The Morgan fingerprint density at radius 2 is 1.77 bits per heavy atom. The van der Waals surface area contributed by atoms with Gasteiger partial charge in [0, 0.05) is 47.2 Å². The molecule has 0 saturated carbocycles. The molecule has 0 saturated heterocycles. The number of aromatic nitrogens is 2. The minimum Gasteiger partial charge on any atom is -0.375 e. The van der Waals surface area contributed by atoms with Crippen molar-refractivity contribution in [1.82, 2.24) is 9.97 Å². The molecule has 0 unspecified atom stereocenters. The summed E-state index contributed by atoms with van der Waals surface area (Å²) >= 11 is 0. The van der Waals surface area contributed by atoms with Gasteiger partial charge in [0.05, 0.1) is 12.1 Å². The Hall–Kier alpha value is -3.77. The Labute approximate surface area is 179 Å². The molecule has 0 bridgehead atoms. The second kappa shape index (κ2) is 7.49. The zero-order valence-electron chi connectivity index (χ0n) is 16.8. The monoisotopic (exact) mass is 411 g/mol. The number of nitrogens with one attached hydrogen (secondary N) is 1. The van der Waals surface area contributed by atoms with Crippen LogP contribution in [0.2, 0.25) is 0 Å². The first kappa shape index (κ1) is 19.2. The van der Waals surface area contributed by atoms with Crippen molar-refractivity contribution in [2.75, 3.05) is 11.4 Å². The van der Waals surface area contributed by atoms with Crippen LogP contribution in [-0.2, 0) is 16.8 Å². The number of benzene rings is 2. The number of H-pyrrole nitrogens is 1. The van der Waals surface area contributed by atoms with Gasteiger partial charge in [-0.2, -0.15) is 0 Å². The highest BCUT2D eigenvalue weighted by molar-refractivity contribution is 6.10. The molecule has 6 heteroatoms. The molecule has 5 rings (SSSR count). The highest BCUT2D eigenvalue weighted by Gasteiger charge is 2.50. The number of hydrogen-bond donors (Lipinski definition) is 2. The van der Waals surface area contributed by atoms with E-state index in [1.54, 1.807) is 29.2 Å². The molecule has 1 aliphatic rings. The number of amides is 1. The molecule has 2 N–H and O–H groups in total. The fourth-order valence-electron chi connectivity index (χ4n) is 4.34. The number of hydrogen-bond acceptors (Lipinski definition) is 4. The van der Waals surface area contributed by atoms with Crippen LogP contribution in [0.1, 0.15) is 27.9 Å². The van der Waals surface area contributed by atoms with Crippen molar-refractivity contribution in [1.29, 1.82) is 0 Å². The summed E-state index contributed by atoms with van der Waals surface area (Å²) in [7, 11) is 0. The summed E-state index contributed by atoms with van der Waals surface area (Å²) in [6.07, 6.45) is 5.32. The molecule has 0 aliphatic carbocycles. The van der Waals surface area contributed by atoms with E-state index in [1.165, 1.54) is 12.4 Å². The fraction of sp³-hybridized carbons (Fsp3) is 0.160. The van der Waals surface area contributed by atoms with Crippen LogP contribution in [0.3, 0.4) is 0 Å². The van der Waals surface area contributed by atoms with Gasteiger partial charge in [0.15, 0.2) is 11.4 Å². The van der Waals surface area contributed by atoms with Crippen LogP contribution < -0.4 is 4.90 Å². The van der Waals surface area contributed by atoms with Gasteiger partial charge in [-0.25, -0.2) is 0 Å². The van der Waals surface area contributed by atoms with Gasteiger partial charge in [-0.1, -0.05) is 36.4 Å². The number of ketones is 1. The van der Waals surface area contributed by atoms with Gasteiger partial charge in [0.1, 0.15) is 0 Å². The summed E-state index contributed by atoms with van der Waals surface area (Å²) in [5.74, 6) is -0.762. The maximum atomic E-state index is 13.4. The van der Waals surface area contributed by atoms with Crippen LogP contribution in [0.25, 0.3) is 10.9 Å². The standard InChI is InChI=1S/C25H21N3O3/c29-23(17-9-12-26-13-10-17)15-25(31)20-6-2-4-8-22(20)28(24(25)30)14-11-18-16-27-21-7-3-1-5-19(18)21/h1-10,12-13,16,27,31H,11,14-15H2/t25-/m1/s1. The summed E-state index contributed by atoms with van der Waals surface area (Å²) in [4.78, 5) is 34.9. The van der Waals surface area contributed by atoms with Crippen molar-refractivity contribution in [2.45, 2.75) is 18.4 Å². The van der Waals surface area contributed by atoms with E-state index in [0.717, 1.165) is 16.5 Å². The first-order chi connectivity index (χ1) is 15.1. The molecule has 0 spiro atoms. The normalized spacial score (nSPS) is 17.8. The highest BCUT2D eigenvalue weighted by atomic mass is 16.3. The number of fused-ring (bicyclic) bond motifs is 2. The van der Waals surface area contributed by atoms with Gasteiger partial charge in [0.25, 0.3) is 5.91 Å². The summed E-state index contributed by atoms with van der Waals surface area (Å²) in [5, 5.41) is 12.5. The topological polar surface area (TPSA) is 86.3 Å². The van der Waals surface area contributed by atoms with Crippen molar-refractivity contribution in [3.63, 3.8) is 0 Å². The molecule has 31 heavy (non-hydrogen) atoms. The lowest BCUT2D eigenvalue weighted by molar-refractivity contribution is -0.135. The maximum absolute atomic E-state index is 13.4. The molecule has 1 aliphatic heterocycles. The van der Waals surface area contributed by atoms with Crippen LogP contribution in [0.5, 0.6) is 0 Å². The first-order valence-corrected chi connectivity index (χ1v) is 10.2. The van der Waals surface area contributed by atoms with Gasteiger partial charge >= 0.3 is 0 Å². The van der Waals surface area contributed by atoms with Crippen molar-refractivity contribution in [3.05, 3.63) is 95.9 Å². The van der Waals surface area contributed by atoms with Gasteiger partial charge in [0.2, 0.25) is 0 Å². The van der Waals surface area contributed by atoms with Gasteiger partial charge in [-0.15, -0.1) is 0 Å².